The highest BCUT2D eigenvalue weighted by Crippen LogP contribution is 2.19. The summed E-state index contributed by atoms with van der Waals surface area (Å²) in [6, 6.07) is 14.6. The van der Waals surface area contributed by atoms with E-state index in [0.717, 1.165) is 5.56 Å². The Hall–Kier alpha value is -2.86. The van der Waals surface area contributed by atoms with E-state index < -0.39 is 0 Å². The van der Waals surface area contributed by atoms with Gasteiger partial charge in [0.15, 0.2) is 5.71 Å². The number of oxime groups is 2. The molecule has 6 nitrogen and oxygen atoms in total. The molecule has 0 saturated carbocycles. The predicted molar refractivity (Wildman–Crippen MR) is 103 cm³/mol. The Morgan fingerprint density at radius 3 is 2.54 bits per heavy atom. The largest absolute Gasteiger partial charge is 0.398 e. The van der Waals surface area contributed by atoms with Gasteiger partial charge in [0.2, 0.25) is 0 Å². The minimum atomic E-state index is -0.358. The Labute approximate surface area is 157 Å². The van der Waals surface area contributed by atoms with Crippen LogP contribution < -0.4 is 5.32 Å². The van der Waals surface area contributed by atoms with Crippen LogP contribution in [-0.4, -0.2) is 32.0 Å². The molecule has 0 fully saturated rings. The minimum Gasteiger partial charge on any atom is -0.398 e. The number of hydrogen-bond acceptors (Lipinski definition) is 5. The maximum atomic E-state index is 12.0. The molecular formula is C19H20ClN3O3. The van der Waals surface area contributed by atoms with E-state index in [4.69, 9.17) is 21.3 Å². The Bertz CT molecular complexity index is 804. The normalized spacial score (nSPS) is 12.7. The van der Waals surface area contributed by atoms with Crippen molar-refractivity contribution in [3.63, 3.8) is 0 Å². The SMILES string of the molecule is CNC(=O)C(=NOC)c1ccccc1C=NOC(C)c1ccc(Cl)cc1. The first-order valence-corrected chi connectivity index (χ1v) is 8.32. The van der Waals surface area contributed by atoms with Crippen LogP contribution in [0.25, 0.3) is 0 Å². The zero-order valence-electron chi connectivity index (χ0n) is 14.8. The number of halogens is 1. The van der Waals surface area contributed by atoms with Crippen molar-refractivity contribution in [2.24, 2.45) is 10.3 Å². The second-order valence-electron chi connectivity index (χ2n) is 5.32. The van der Waals surface area contributed by atoms with Gasteiger partial charge in [-0.25, -0.2) is 0 Å². The van der Waals surface area contributed by atoms with Gasteiger partial charge in [0, 0.05) is 23.2 Å². The first-order valence-electron chi connectivity index (χ1n) is 7.94. The van der Waals surface area contributed by atoms with Gasteiger partial charge in [-0.15, -0.1) is 0 Å². The summed E-state index contributed by atoms with van der Waals surface area (Å²) in [4.78, 5) is 22.3. The van der Waals surface area contributed by atoms with Crippen LogP contribution in [0.15, 0.2) is 58.8 Å². The van der Waals surface area contributed by atoms with E-state index in [1.54, 1.807) is 24.3 Å². The van der Waals surface area contributed by atoms with Gasteiger partial charge in [-0.05, 0) is 24.6 Å². The molecule has 2 rings (SSSR count). The van der Waals surface area contributed by atoms with Gasteiger partial charge in [0.1, 0.15) is 13.2 Å². The molecule has 1 unspecified atom stereocenters. The number of rotatable bonds is 7. The molecule has 0 aromatic heterocycles. The quantitative estimate of drug-likeness (QED) is 0.596. The first-order chi connectivity index (χ1) is 12.6. The van der Waals surface area contributed by atoms with Gasteiger partial charge in [-0.1, -0.05) is 58.3 Å². The van der Waals surface area contributed by atoms with E-state index in [1.807, 2.05) is 31.2 Å². The highest BCUT2D eigenvalue weighted by molar-refractivity contribution is 6.46. The molecule has 1 atom stereocenters. The topological polar surface area (TPSA) is 72.3 Å². The third-order valence-electron chi connectivity index (χ3n) is 3.59. The standard InChI is InChI=1S/C19H20ClN3O3/c1-13(14-8-10-16(20)11-9-14)26-22-12-15-6-4-5-7-17(15)18(23-25-3)19(24)21-2/h4-13H,1-3H3,(H,21,24). The molecule has 0 spiro atoms. The van der Waals surface area contributed by atoms with Crippen LogP contribution >= 0.6 is 11.6 Å². The molecule has 0 heterocycles. The molecule has 0 saturated heterocycles. The zero-order chi connectivity index (χ0) is 18.9. The van der Waals surface area contributed by atoms with Crippen molar-refractivity contribution < 1.29 is 14.5 Å². The monoisotopic (exact) mass is 373 g/mol. The fourth-order valence-electron chi connectivity index (χ4n) is 2.22. The van der Waals surface area contributed by atoms with Gasteiger partial charge < -0.3 is 15.0 Å². The third kappa shape index (κ3) is 5.07. The smallest absolute Gasteiger partial charge is 0.273 e. The Morgan fingerprint density at radius 2 is 1.88 bits per heavy atom. The number of nitrogens with zero attached hydrogens (tertiary/aromatic N) is 2. The van der Waals surface area contributed by atoms with E-state index in [-0.39, 0.29) is 17.7 Å². The predicted octanol–water partition coefficient (Wildman–Crippen LogP) is 3.55. The van der Waals surface area contributed by atoms with Crippen molar-refractivity contribution in [3.05, 3.63) is 70.2 Å². The summed E-state index contributed by atoms with van der Waals surface area (Å²) in [5.74, 6) is -0.358. The number of likely N-dealkylation sites (N-methyl/N-ethyl adjacent to an activating group) is 1. The number of hydrogen-bond donors (Lipinski definition) is 1. The van der Waals surface area contributed by atoms with Crippen molar-refractivity contribution in [2.45, 2.75) is 13.0 Å². The number of carbonyl (C=O) groups excluding carboxylic acids is 1. The molecule has 26 heavy (non-hydrogen) atoms. The van der Waals surface area contributed by atoms with Crippen molar-refractivity contribution in [1.29, 1.82) is 0 Å². The Morgan fingerprint density at radius 1 is 1.19 bits per heavy atom. The lowest BCUT2D eigenvalue weighted by Crippen LogP contribution is -2.29. The molecule has 0 aliphatic heterocycles. The summed E-state index contributed by atoms with van der Waals surface area (Å²) in [6.07, 6.45) is 1.29. The highest BCUT2D eigenvalue weighted by atomic mass is 35.5. The molecule has 1 N–H and O–H groups in total. The van der Waals surface area contributed by atoms with Crippen LogP contribution in [0.5, 0.6) is 0 Å². The molecule has 0 bridgehead atoms. The lowest BCUT2D eigenvalue weighted by atomic mass is 10.0. The third-order valence-corrected chi connectivity index (χ3v) is 3.84. The van der Waals surface area contributed by atoms with Gasteiger partial charge in [-0.2, -0.15) is 0 Å². The molecule has 0 aliphatic carbocycles. The molecule has 2 aromatic carbocycles. The first kappa shape index (κ1) is 19.5. The highest BCUT2D eigenvalue weighted by Gasteiger charge is 2.16. The summed E-state index contributed by atoms with van der Waals surface area (Å²) < 4.78 is 0. The second-order valence-corrected chi connectivity index (χ2v) is 5.76. The van der Waals surface area contributed by atoms with Crippen LogP contribution in [0.1, 0.15) is 29.7 Å². The number of benzene rings is 2. The van der Waals surface area contributed by atoms with E-state index >= 15 is 0 Å². The van der Waals surface area contributed by atoms with E-state index in [2.05, 4.69) is 15.6 Å². The molecule has 0 radical (unpaired) electrons. The Kier molecular flexibility index (Phi) is 7.17. The van der Waals surface area contributed by atoms with Crippen LogP contribution in [0.3, 0.4) is 0 Å². The van der Waals surface area contributed by atoms with Crippen molar-refractivity contribution in [1.82, 2.24) is 5.32 Å². The van der Waals surface area contributed by atoms with Crippen LogP contribution in [0, 0.1) is 0 Å². The summed E-state index contributed by atoms with van der Waals surface area (Å²) in [7, 11) is 2.91. The van der Waals surface area contributed by atoms with Crippen LogP contribution in [-0.2, 0) is 14.5 Å². The Balaban J connectivity index is 2.19. The molecule has 1 amide bonds. The van der Waals surface area contributed by atoms with Gasteiger partial charge >= 0.3 is 0 Å². The lowest BCUT2D eigenvalue weighted by molar-refractivity contribution is -0.114. The summed E-state index contributed by atoms with van der Waals surface area (Å²) >= 11 is 5.89. The summed E-state index contributed by atoms with van der Waals surface area (Å²) in [5.41, 5.74) is 2.37. The lowest BCUT2D eigenvalue weighted by Gasteiger charge is -2.10. The van der Waals surface area contributed by atoms with Crippen LogP contribution in [0.2, 0.25) is 5.02 Å². The van der Waals surface area contributed by atoms with Crippen molar-refractivity contribution in [2.75, 3.05) is 14.2 Å². The van der Waals surface area contributed by atoms with Gasteiger partial charge in [0.05, 0.1) is 6.21 Å². The summed E-state index contributed by atoms with van der Waals surface area (Å²) in [5, 5.41) is 11.1. The van der Waals surface area contributed by atoms with E-state index in [9.17, 15) is 4.79 Å². The van der Waals surface area contributed by atoms with Crippen LogP contribution in [0.4, 0.5) is 0 Å². The number of nitrogens with one attached hydrogen (secondary N) is 1. The fourth-order valence-corrected chi connectivity index (χ4v) is 2.35. The number of carbonyl (C=O) groups is 1. The summed E-state index contributed by atoms with van der Waals surface area (Å²) in [6.45, 7) is 1.88. The minimum absolute atomic E-state index is 0.155. The van der Waals surface area contributed by atoms with Crippen molar-refractivity contribution in [3.8, 4) is 0 Å². The molecular weight excluding hydrogens is 354 g/mol. The zero-order valence-corrected chi connectivity index (χ0v) is 15.5. The van der Waals surface area contributed by atoms with Gasteiger partial charge in [-0.3, -0.25) is 4.79 Å². The second kappa shape index (κ2) is 9.58. The molecule has 2 aromatic rings. The molecule has 7 heteroatoms. The molecule has 0 aliphatic rings. The van der Waals surface area contributed by atoms with Crippen molar-refractivity contribution >= 4 is 29.4 Å². The molecule has 136 valence electrons. The maximum absolute atomic E-state index is 12.0. The number of amides is 1. The average molecular weight is 374 g/mol. The fraction of sp³-hybridized carbons (Fsp3) is 0.211. The van der Waals surface area contributed by atoms with Gasteiger partial charge in [0.25, 0.3) is 5.91 Å². The van der Waals surface area contributed by atoms with E-state index in [1.165, 1.54) is 20.4 Å². The van der Waals surface area contributed by atoms with E-state index in [0.29, 0.717) is 16.1 Å². The average Bonchev–Trinajstić information content (AvgIpc) is 2.66. The maximum Gasteiger partial charge on any atom is 0.273 e.